The van der Waals surface area contributed by atoms with Crippen molar-refractivity contribution in [1.82, 2.24) is 0 Å². The number of carbonyl (C=O) groups is 1. The molecule has 0 aliphatic carbocycles. The maximum atomic E-state index is 11.6. The number of carbonyl (C=O) groups excluding carboxylic acids is 1. The summed E-state index contributed by atoms with van der Waals surface area (Å²) in [7, 11) is 0. The first kappa shape index (κ1) is 14.9. The molecule has 0 spiro atoms. The van der Waals surface area contributed by atoms with E-state index in [0.29, 0.717) is 23.6 Å². The smallest absolute Gasteiger partial charge is 0.338 e. The molecule has 0 unspecified atom stereocenters. The van der Waals surface area contributed by atoms with Gasteiger partial charge in [-0.25, -0.2) is 4.79 Å². The molecule has 0 aromatic heterocycles. The summed E-state index contributed by atoms with van der Waals surface area (Å²) in [5.41, 5.74) is 8.98. The predicted octanol–water partition coefficient (Wildman–Crippen LogP) is 3.85. The number of hydrogen-bond acceptors (Lipinski definition) is 4. The standard InChI is InChI=1S/C17H19NO3/c1-4-20-17(19)13-6-8-16(14(18)10-13)21-15-7-5-11(2)9-12(15)3/h5-10H,4,18H2,1-3H3. The first-order chi connectivity index (χ1) is 10.0. The Balaban J connectivity index is 2.23. The highest BCUT2D eigenvalue weighted by Gasteiger charge is 2.11. The molecule has 2 N–H and O–H groups in total. The quantitative estimate of drug-likeness (QED) is 0.684. The van der Waals surface area contributed by atoms with Crippen LogP contribution < -0.4 is 10.5 Å². The summed E-state index contributed by atoms with van der Waals surface area (Å²) in [5.74, 6) is 0.883. The van der Waals surface area contributed by atoms with Crippen molar-refractivity contribution in [3.63, 3.8) is 0 Å². The maximum absolute atomic E-state index is 11.6. The van der Waals surface area contributed by atoms with Gasteiger partial charge in [0.25, 0.3) is 0 Å². The summed E-state index contributed by atoms with van der Waals surface area (Å²) < 4.78 is 10.8. The SMILES string of the molecule is CCOC(=O)c1ccc(Oc2ccc(C)cc2C)c(N)c1. The highest BCUT2D eigenvalue weighted by molar-refractivity contribution is 5.91. The van der Waals surface area contributed by atoms with Crippen LogP contribution in [0.4, 0.5) is 5.69 Å². The number of aryl methyl sites for hydroxylation is 2. The van der Waals surface area contributed by atoms with Crippen LogP contribution in [0.1, 0.15) is 28.4 Å². The van der Waals surface area contributed by atoms with Crippen molar-refractivity contribution in [1.29, 1.82) is 0 Å². The van der Waals surface area contributed by atoms with Crippen LogP contribution in [-0.4, -0.2) is 12.6 Å². The lowest BCUT2D eigenvalue weighted by atomic mass is 10.1. The van der Waals surface area contributed by atoms with Gasteiger partial charge in [-0.15, -0.1) is 0 Å². The molecule has 0 atom stereocenters. The van der Waals surface area contributed by atoms with Gasteiger partial charge in [0.15, 0.2) is 0 Å². The number of nitrogens with two attached hydrogens (primary N) is 1. The van der Waals surface area contributed by atoms with Gasteiger partial charge in [-0.3, -0.25) is 0 Å². The Morgan fingerprint density at radius 3 is 2.43 bits per heavy atom. The lowest BCUT2D eigenvalue weighted by molar-refractivity contribution is 0.0526. The molecule has 0 saturated heterocycles. The highest BCUT2D eigenvalue weighted by Crippen LogP contribution is 2.30. The van der Waals surface area contributed by atoms with Crippen molar-refractivity contribution in [2.45, 2.75) is 20.8 Å². The van der Waals surface area contributed by atoms with E-state index < -0.39 is 0 Å². The second kappa shape index (κ2) is 6.31. The van der Waals surface area contributed by atoms with Crippen molar-refractivity contribution in [3.8, 4) is 11.5 Å². The van der Waals surface area contributed by atoms with E-state index in [-0.39, 0.29) is 5.97 Å². The van der Waals surface area contributed by atoms with Crippen LogP contribution in [0, 0.1) is 13.8 Å². The summed E-state index contributed by atoms with van der Waals surface area (Å²) in [6, 6.07) is 10.8. The van der Waals surface area contributed by atoms with Crippen LogP contribution in [0.2, 0.25) is 0 Å². The Morgan fingerprint density at radius 2 is 1.81 bits per heavy atom. The Morgan fingerprint density at radius 1 is 1.10 bits per heavy atom. The van der Waals surface area contributed by atoms with Gasteiger partial charge in [-0.1, -0.05) is 17.7 Å². The van der Waals surface area contributed by atoms with Gasteiger partial charge in [-0.05, 0) is 50.6 Å². The number of ether oxygens (including phenoxy) is 2. The van der Waals surface area contributed by atoms with E-state index in [1.807, 2.05) is 32.0 Å². The second-order valence-corrected chi connectivity index (χ2v) is 4.84. The maximum Gasteiger partial charge on any atom is 0.338 e. The average molecular weight is 285 g/mol. The van der Waals surface area contributed by atoms with Gasteiger partial charge < -0.3 is 15.2 Å². The van der Waals surface area contributed by atoms with Gasteiger partial charge >= 0.3 is 5.97 Å². The summed E-state index contributed by atoms with van der Waals surface area (Å²) in [6.45, 7) is 6.10. The van der Waals surface area contributed by atoms with Crippen molar-refractivity contribution in [2.24, 2.45) is 0 Å². The normalized spacial score (nSPS) is 10.2. The number of nitrogen functional groups attached to an aromatic ring is 1. The highest BCUT2D eigenvalue weighted by atomic mass is 16.5. The lowest BCUT2D eigenvalue weighted by Crippen LogP contribution is -2.05. The minimum absolute atomic E-state index is 0.333. The molecule has 0 heterocycles. The number of benzene rings is 2. The molecular weight excluding hydrogens is 266 g/mol. The largest absolute Gasteiger partial charge is 0.462 e. The second-order valence-electron chi connectivity index (χ2n) is 4.84. The first-order valence-corrected chi connectivity index (χ1v) is 6.83. The van der Waals surface area contributed by atoms with E-state index in [4.69, 9.17) is 15.2 Å². The van der Waals surface area contributed by atoms with Crippen LogP contribution >= 0.6 is 0 Å². The average Bonchev–Trinajstić information content (AvgIpc) is 2.44. The third-order valence-electron chi connectivity index (χ3n) is 3.07. The number of esters is 1. The van der Waals surface area contributed by atoms with Gasteiger partial charge in [0.05, 0.1) is 17.9 Å². The third kappa shape index (κ3) is 3.54. The predicted molar refractivity (Wildman–Crippen MR) is 82.8 cm³/mol. The Labute approximate surface area is 124 Å². The molecule has 4 heteroatoms. The Hall–Kier alpha value is -2.49. The van der Waals surface area contributed by atoms with Crippen LogP contribution in [-0.2, 0) is 4.74 Å². The lowest BCUT2D eigenvalue weighted by Gasteiger charge is -2.12. The van der Waals surface area contributed by atoms with Gasteiger partial charge in [-0.2, -0.15) is 0 Å². The van der Waals surface area contributed by atoms with Gasteiger partial charge in [0.2, 0.25) is 0 Å². The van der Waals surface area contributed by atoms with Crippen molar-refractivity contribution in [2.75, 3.05) is 12.3 Å². The Kier molecular flexibility index (Phi) is 4.48. The molecule has 0 saturated carbocycles. The fourth-order valence-electron chi connectivity index (χ4n) is 2.02. The van der Waals surface area contributed by atoms with Crippen LogP contribution in [0.3, 0.4) is 0 Å². The molecule has 0 radical (unpaired) electrons. The molecular formula is C17H19NO3. The zero-order valence-electron chi connectivity index (χ0n) is 12.5. The van der Waals surface area contributed by atoms with E-state index in [0.717, 1.165) is 11.3 Å². The number of rotatable bonds is 4. The number of anilines is 1. The van der Waals surface area contributed by atoms with Crippen molar-refractivity contribution < 1.29 is 14.3 Å². The number of hydrogen-bond donors (Lipinski definition) is 1. The molecule has 2 aromatic rings. The molecule has 110 valence electrons. The van der Waals surface area contributed by atoms with Gasteiger partial charge in [0, 0.05) is 0 Å². The zero-order valence-corrected chi connectivity index (χ0v) is 12.5. The molecule has 2 rings (SSSR count). The van der Waals surface area contributed by atoms with E-state index >= 15 is 0 Å². The molecule has 4 nitrogen and oxygen atoms in total. The van der Waals surface area contributed by atoms with Crippen LogP contribution in [0.15, 0.2) is 36.4 Å². The minimum Gasteiger partial charge on any atom is -0.462 e. The fraction of sp³-hybridized carbons (Fsp3) is 0.235. The first-order valence-electron chi connectivity index (χ1n) is 6.83. The van der Waals surface area contributed by atoms with E-state index in [1.54, 1.807) is 25.1 Å². The summed E-state index contributed by atoms with van der Waals surface area (Å²) in [5, 5.41) is 0. The Bertz CT molecular complexity index is 665. The molecule has 21 heavy (non-hydrogen) atoms. The van der Waals surface area contributed by atoms with Crippen LogP contribution in [0.5, 0.6) is 11.5 Å². The molecule has 0 bridgehead atoms. The molecule has 0 aliphatic heterocycles. The minimum atomic E-state index is -0.387. The zero-order chi connectivity index (χ0) is 15.4. The van der Waals surface area contributed by atoms with Crippen molar-refractivity contribution >= 4 is 11.7 Å². The van der Waals surface area contributed by atoms with E-state index in [1.165, 1.54) is 5.56 Å². The van der Waals surface area contributed by atoms with Gasteiger partial charge in [0.1, 0.15) is 11.5 Å². The van der Waals surface area contributed by atoms with E-state index in [2.05, 4.69) is 0 Å². The summed E-state index contributed by atoms with van der Waals surface area (Å²) in [4.78, 5) is 11.6. The molecule has 2 aromatic carbocycles. The molecule has 0 aliphatic rings. The summed E-state index contributed by atoms with van der Waals surface area (Å²) >= 11 is 0. The topological polar surface area (TPSA) is 61.5 Å². The molecule has 0 amide bonds. The van der Waals surface area contributed by atoms with E-state index in [9.17, 15) is 4.79 Å². The molecule has 0 fully saturated rings. The van der Waals surface area contributed by atoms with Crippen LogP contribution in [0.25, 0.3) is 0 Å². The third-order valence-corrected chi connectivity index (χ3v) is 3.07. The van der Waals surface area contributed by atoms with Crippen molar-refractivity contribution in [3.05, 3.63) is 53.1 Å². The summed E-state index contributed by atoms with van der Waals surface area (Å²) in [6.07, 6.45) is 0. The monoisotopic (exact) mass is 285 g/mol. The fourth-order valence-corrected chi connectivity index (χ4v) is 2.02.